The Bertz CT molecular complexity index is 1280. The van der Waals surface area contributed by atoms with Crippen LogP contribution in [-0.2, 0) is 6.54 Å². The van der Waals surface area contributed by atoms with Crippen LogP contribution in [0.3, 0.4) is 0 Å². The van der Waals surface area contributed by atoms with E-state index in [9.17, 15) is 13.2 Å². The number of nitrogens with zero attached hydrogens (tertiary/aromatic N) is 1. The molecule has 0 fully saturated rings. The second-order valence-corrected chi connectivity index (χ2v) is 8.46. The molecule has 1 aromatic heterocycles. The van der Waals surface area contributed by atoms with Crippen LogP contribution in [0.15, 0.2) is 42.5 Å². The minimum Gasteiger partial charge on any atom is -0.496 e. The summed E-state index contributed by atoms with van der Waals surface area (Å²) < 4.78 is 73.8. The first-order valence-electron chi connectivity index (χ1n) is 12.2. The fraction of sp³-hybridized carbons (Fsp3) is 0.300. The van der Waals surface area contributed by atoms with Crippen LogP contribution in [0.5, 0.6) is 34.5 Å². The molecule has 0 aliphatic carbocycles. The van der Waals surface area contributed by atoms with Gasteiger partial charge in [-0.15, -0.1) is 0 Å². The summed E-state index contributed by atoms with van der Waals surface area (Å²) in [6.07, 6.45) is 1.64. The van der Waals surface area contributed by atoms with Crippen LogP contribution in [-0.4, -0.2) is 48.8 Å². The normalized spacial score (nSPS) is 11.6. The smallest absolute Gasteiger partial charge is 0.395 e. The van der Waals surface area contributed by atoms with Gasteiger partial charge in [0.05, 0.1) is 42.7 Å². The van der Waals surface area contributed by atoms with Crippen LogP contribution in [0.1, 0.15) is 28.9 Å². The Morgan fingerprint density at radius 2 is 0.950 bits per heavy atom. The Labute approximate surface area is 232 Å². The Morgan fingerprint density at radius 3 is 1.30 bits per heavy atom. The van der Waals surface area contributed by atoms with Crippen molar-refractivity contribution in [2.45, 2.75) is 19.1 Å². The van der Waals surface area contributed by atoms with E-state index in [0.29, 0.717) is 57.0 Å². The molecule has 0 aliphatic heterocycles. The molecule has 0 spiro atoms. The predicted molar refractivity (Wildman–Crippen MR) is 147 cm³/mol. The van der Waals surface area contributed by atoms with E-state index < -0.39 is 12.6 Å². The van der Waals surface area contributed by atoms with Crippen molar-refractivity contribution in [1.82, 2.24) is 0 Å². The summed E-state index contributed by atoms with van der Waals surface area (Å²) >= 11 is 0. The molecule has 0 N–H and O–H groups in total. The van der Waals surface area contributed by atoms with E-state index in [-0.39, 0.29) is 6.54 Å². The molecule has 0 unspecified atom stereocenters. The van der Waals surface area contributed by atoms with Crippen molar-refractivity contribution in [3.05, 3.63) is 65.0 Å². The SMILES string of the molecule is COc1cc(OC)c(OC)cc1/C=C/c1cccc(/C=C/c2cc(OC)c(OC)cc2OC)[n+]1CCC(F)(F)F. The van der Waals surface area contributed by atoms with Crippen molar-refractivity contribution < 1.29 is 46.2 Å². The zero-order chi connectivity index (χ0) is 29.3. The topological polar surface area (TPSA) is 59.3 Å². The number of hydrogen-bond donors (Lipinski definition) is 0. The summed E-state index contributed by atoms with van der Waals surface area (Å²) in [4.78, 5) is 0. The maximum atomic E-state index is 13.3. The van der Waals surface area contributed by atoms with Gasteiger partial charge in [-0.3, -0.25) is 0 Å². The maximum Gasteiger partial charge on any atom is 0.395 e. The molecule has 1 heterocycles. The molecule has 0 bridgehead atoms. The monoisotopic (exact) mass is 560 g/mol. The number of halogens is 3. The van der Waals surface area contributed by atoms with Crippen LogP contribution >= 0.6 is 0 Å². The zero-order valence-corrected chi connectivity index (χ0v) is 23.3. The third-order valence-corrected chi connectivity index (χ3v) is 6.12. The van der Waals surface area contributed by atoms with Gasteiger partial charge in [-0.05, 0) is 30.4 Å². The third kappa shape index (κ3) is 7.40. The first-order valence-corrected chi connectivity index (χ1v) is 12.2. The summed E-state index contributed by atoms with van der Waals surface area (Å²) in [5.74, 6) is 3.02. The van der Waals surface area contributed by atoms with Gasteiger partial charge in [-0.25, -0.2) is 0 Å². The van der Waals surface area contributed by atoms with E-state index in [1.807, 2.05) is 0 Å². The van der Waals surface area contributed by atoms with E-state index in [0.717, 1.165) is 0 Å². The average molecular weight is 561 g/mol. The Balaban J connectivity index is 2.08. The molecule has 214 valence electrons. The van der Waals surface area contributed by atoms with Gasteiger partial charge in [0, 0.05) is 47.5 Å². The first kappa shape index (κ1) is 30.2. The lowest BCUT2D eigenvalue weighted by Crippen LogP contribution is -2.41. The van der Waals surface area contributed by atoms with Gasteiger partial charge >= 0.3 is 6.18 Å². The highest BCUT2D eigenvalue weighted by Gasteiger charge is 2.30. The van der Waals surface area contributed by atoms with Crippen molar-refractivity contribution in [3.8, 4) is 34.5 Å². The van der Waals surface area contributed by atoms with E-state index in [1.165, 1.54) is 42.7 Å². The minimum absolute atomic E-state index is 0.282. The number of hydrogen-bond acceptors (Lipinski definition) is 6. The first-order chi connectivity index (χ1) is 19.2. The van der Waals surface area contributed by atoms with Gasteiger partial charge in [0.2, 0.25) is 11.4 Å². The molecule has 7 nitrogen and oxygen atoms in total. The van der Waals surface area contributed by atoms with Crippen molar-refractivity contribution in [3.63, 3.8) is 0 Å². The predicted octanol–water partition coefficient (Wildman–Crippen LogP) is 6.32. The summed E-state index contributed by atoms with van der Waals surface area (Å²) in [5, 5.41) is 0. The Hall–Kier alpha value is -4.34. The number of benzene rings is 2. The van der Waals surface area contributed by atoms with Crippen molar-refractivity contribution >= 4 is 24.3 Å². The standard InChI is InChI=1S/C30H33F3NO6/c1-35-24-18-28(39-5)26(37-3)16-20(24)10-12-22-8-7-9-23(34(22)15-14-30(31,32)33)13-11-21-17-27(38-4)29(40-6)19-25(21)36-2/h7-13,16-19H,14-15H2,1-6H3/q+1/b12-10+,13-11+. The Morgan fingerprint density at radius 1 is 0.575 bits per heavy atom. The lowest BCUT2D eigenvalue weighted by molar-refractivity contribution is -0.703. The molecular weight excluding hydrogens is 527 g/mol. The van der Waals surface area contributed by atoms with Crippen molar-refractivity contribution in [1.29, 1.82) is 0 Å². The highest BCUT2D eigenvalue weighted by molar-refractivity contribution is 5.75. The van der Waals surface area contributed by atoms with Gasteiger partial charge in [0.25, 0.3) is 0 Å². The largest absolute Gasteiger partial charge is 0.496 e. The van der Waals surface area contributed by atoms with Gasteiger partial charge in [0.15, 0.2) is 29.5 Å². The highest BCUT2D eigenvalue weighted by atomic mass is 19.4. The van der Waals surface area contributed by atoms with Crippen molar-refractivity contribution in [2.24, 2.45) is 0 Å². The van der Waals surface area contributed by atoms with E-state index in [4.69, 9.17) is 28.4 Å². The molecular formula is C30H33F3NO6+. The quantitative estimate of drug-likeness (QED) is 0.242. The molecule has 0 atom stereocenters. The van der Waals surface area contributed by atoms with Crippen LogP contribution in [0.4, 0.5) is 13.2 Å². The molecule has 2 aromatic carbocycles. The number of methoxy groups -OCH3 is 6. The summed E-state index contributed by atoms with van der Waals surface area (Å²) in [5.41, 5.74) is 2.45. The van der Waals surface area contributed by atoms with E-state index >= 15 is 0 Å². The number of ether oxygens (including phenoxy) is 6. The summed E-state index contributed by atoms with van der Waals surface area (Å²) in [6, 6.07) is 12.1. The highest BCUT2D eigenvalue weighted by Crippen LogP contribution is 2.36. The molecule has 0 amide bonds. The molecule has 3 rings (SSSR count). The minimum atomic E-state index is -4.33. The van der Waals surface area contributed by atoms with Crippen molar-refractivity contribution in [2.75, 3.05) is 42.7 Å². The van der Waals surface area contributed by atoms with Crippen LogP contribution in [0.2, 0.25) is 0 Å². The van der Waals surface area contributed by atoms with Crippen LogP contribution in [0, 0.1) is 0 Å². The molecule has 0 radical (unpaired) electrons. The third-order valence-electron chi connectivity index (χ3n) is 6.12. The fourth-order valence-electron chi connectivity index (χ4n) is 4.08. The Kier molecular flexibility index (Phi) is 10.3. The van der Waals surface area contributed by atoms with Gasteiger partial charge in [0.1, 0.15) is 17.9 Å². The second kappa shape index (κ2) is 13.6. The van der Waals surface area contributed by atoms with E-state index in [2.05, 4.69) is 0 Å². The van der Waals surface area contributed by atoms with Gasteiger partial charge in [-0.2, -0.15) is 17.7 Å². The lowest BCUT2D eigenvalue weighted by atomic mass is 10.1. The summed E-state index contributed by atoms with van der Waals surface area (Å²) in [6.45, 7) is -0.282. The maximum absolute atomic E-state index is 13.3. The van der Waals surface area contributed by atoms with Gasteiger partial charge in [-0.1, -0.05) is 0 Å². The van der Waals surface area contributed by atoms with Gasteiger partial charge < -0.3 is 28.4 Å². The zero-order valence-electron chi connectivity index (χ0n) is 23.3. The number of alkyl halides is 3. The number of pyridine rings is 1. The second-order valence-electron chi connectivity index (χ2n) is 8.46. The molecule has 0 aliphatic rings. The van der Waals surface area contributed by atoms with Crippen LogP contribution in [0.25, 0.3) is 24.3 Å². The molecule has 3 aromatic rings. The number of aromatic nitrogens is 1. The lowest BCUT2D eigenvalue weighted by Gasteiger charge is -2.12. The molecule has 0 saturated heterocycles. The molecule has 10 heteroatoms. The number of rotatable bonds is 12. The summed E-state index contributed by atoms with van der Waals surface area (Å²) in [7, 11) is 9.13. The van der Waals surface area contributed by atoms with E-state index in [1.54, 1.807) is 71.3 Å². The molecule has 40 heavy (non-hydrogen) atoms. The van der Waals surface area contributed by atoms with Crippen LogP contribution < -0.4 is 33.0 Å². The fourth-order valence-corrected chi connectivity index (χ4v) is 4.08. The molecule has 0 saturated carbocycles. The average Bonchev–Trinajstić information content (AvgIpc) is 2.96.